The molecule has 0 aromatic heterocycles. The molecule has 71 heavy (non-hydrogen) atoms. The third kappa shape index (κ3) is 8.58. The minimum absolute atomic E-state index is 0.228. The predicted octanol–water partition coefficient (Wildman–Crippen LogP) is 18.6. The average molecular weight is 926 g/mol. The molecule has 5 aliphatic carbocycles. The van der Waals surface area contributed by atoms with Gasteiger partial charge in [-0.2, -0.15) is 0 Å². The molecule has 0 amide bonds. The van der Waals surface area contributed by atoms with Gasteiger partial charge >= 0.3 is 0 Å². The number of nitrogens with zero attached hydrogens (tertiary/aromatic N) is 3. The summed E-state index contributed by atoms with van der Waals surface area (Å²) in [6.07, 6.45) is 15.8. The molecule has 3 heteroatoms. The summed E-state index contributed by atoms with van der Waals surface area (Å²) in [5.41, 5.74) is 22.0. The van der Waals surface area contributed by atoms with Crippen molar-refractivity contribution < 1.29 is 0 Å². The normalized spacial score (nSPS) is 20.5. The molecule has 0 spiro atoms. The lowest BCUT2D eigenvalue weighted by atomic mass is 9.42. The van der Waals surface area contributed by atoms with Crippen LogP contribution in [-0.4, -0.2) is 0 Å². The van der Waals surface area contributed by atoms with Gasteiger partial charge in [0.1, 0.15) is 0 Å². The first-order valence-corrected chi connectivity index (χ1v) is 26.5. The highest BCUT2D eigenvalue weighted by molar-refractivity contribution is 5.84. The summed E-state index contributed by atoms with van der Waals surface area (Å²) in [5.74, 6) is 1.60. The molecule has 2 atom stereocenters. The summed E-state index contributed by atoms with van der Waals surface area (Å²) in [6.45, 7) is 10.6. The summed E-state index contributed by atoms with van der Waals surface area (Å²) in [7, 11) is 0. The van der Waals surface area contributed by atoms with Crippen LogP contribution in [0.25, 0.3) is 6.08 Å². The van der Waals surface area contributed by atoms with Crippen molar-refractivity contribution in [1.29, 1.82) is 0 Å². The van der Waals surface area contributed by atoms with Crippen molar-refractivity contribution in [1.82, 2.24) is 0 Å². The van der Waals surface area contributed by atoms with Crippen LogP contribution in [0.5, 0.6) is 0 Å². The number of anilines is 9. The summed E-state index contributed by atoms with van der Waals surface area (Å²) < 4.78 is 0. The van der Waals surface area contributed by atoms with Crippen molar-refractivity contribution in [2.24, 2.45) is 11.8 Å². The number of hydrogen-bond acceptors (Lipinski definition) is 3. The van der Waals surface area contributed by atoms with Gasteiger partial charge in [-0.25, -0.2) is 0 Å². The molecule has 8 aromatic rings. The van der Waals surface area contributed by atoms with Gasteiger partial charge in [-0.1, -0.05) is 116 Å². The maximum Gasteiger partial charge on any atom is 0.0464 e. The third-order valence-corrected chi connectivity index (χ3v) is 17.0. The second-order valence-corrected chi connectivity index (χ2v) is 21.8. The van der Waals surface area contributed by atoms with Crippen LogP contribution in [0.15, 0.2) is 195 Å². The lowest BCUT2D eigenvalue weighted by molar-refractivity contribution is -0.0281. The first kappa shape index (κ1) is 45.1. The maximum absolute atomic E-state index is 4.03. The van der Waals surface area contributed by atoms with E-state index in [1.807, 2.05) is 6.08 Å². The highest BCUT2D eigenvalue weighted by atomic mass is 15.2. The maximum atomic E-state index is 4.03. The largest absolute Gasteiger partial charge is 0.311 e. The molecule has 4 saturated carbocycles. The van der Waals surface area contributed by atoms with E-state index in [1.54, 1.807) is 5.56 Å². The number of fused-ring (bicyclic) bond motifs is 1. The van der Waals surface area contributed by atoms with E-state index in [0.29, 0.717) is 0 Å². The van der Waals surface area contributed by atoms with E-state index in [-0.39, 0.29) is 10.8 Å². The van der Waals surface area contributed by atoms with E-state index in [2.05, 4.69) is 230 Å². The van der Waals surface area contributed by atoms with Gasteiger partial charge in [0.05, 0.1) is 0 Å². The number of aryl methyl sites for hydroxylation is 5. The predicted molar refractivity (Wildman–Crippen MR) is 301 cm³/mol. The first-order chi connectivity index (χ1) is 34.7. The second kappa shape index (κ2) is 18.6. The first-order valence-electron chi connectivity index (χ1n) is 26.5. The molecule has 13 rings (SSSR count). The fourth-order valence-electron chi connectivity index (χ4n) is 13.6. The molecular formula is C68H67N3. The molecule has 2 unspecified atom stereocenters. The Kier molecular flexibility index (Phi) is 11.8. The Balaban J connectivity index is 0.881. The molecule has 8 aromatic carbocycles. The molecule has 0 saturated heterocycles. The van der Waals surface area contributed by atoms with Crippen molar-refractivity contribution in [3.8, 4) is 0 Å². The van der Waals surface area contributed by atoms with Crippen molar-refractivity contribution >= 4 is 57.3 Å². The zero-order valence-corrected chi connectivity index (χ0v) is 42.0. The van der Waals surface area contributed by atoms with Crippen LogP contribution in [0.1, 0.15) is 103 Å². The van der Waals surface area contributed by atoms with Crippen LogP contribution in [0, 0.1) is 25.7 Å². The van der Waals surface area contributed by atoms with Gasteiger partial charge in [0.25, 0.3) is 0 Å². The van der Waals surface area contributed by atoms with Crippen LogP contribution in [0.2, 0.25) is 0 Å². The zero-order valence-electron chi connectivity index (χ0n) is 42.0. The van der Waals surface area contributed by atoms with Gasteiger partial charge < -0.3 is 14.7 Å². The molecule has 4 fully saturated rings. The Morgan fingerprint density at radius 3 is 1.21 bits per heavy atom. The second-order valence-electron chi connectivity index (χ2n) is 21.8. The van der Waals surface area contributed by atoms with Gasteiger partial charge in [-0.05, 0) is 243 Å². The summed E-state index contributed by atoms with van der Waals surface area (Å²) in [6, 6.07) is 71.7. The average Bonchev–Trinajstić information content (AvgIpc) is 3.39. The Morgan fingerprint density at radius 1 is 0.451 bits per heavy atom. The van der Waals surface area contributed by atoms with Crippen molar-refractivity contribution in [2.75, 3.05) is 14.7 Å². The summed E-state index contributed by atoms with van der Waals surface area (Å²) >= 11 is 0. The van der Waals surface area contributed by atoms with Crippen LogP contribution in [0.3, 0.4) is 0 Å². The van der Waals surface area contributed by atoms with Crippen LogP contribution >= 0.6 is 0 Å². The van der Waals surface area contributed by atoms with Crippen molar-refractivity contribution in [3.63, 3.8) is 0 Å². The van der Waals surface area contributed by atoms with Crippen LogP contribution in [0.4, 0.5) is 51.2 Å². The minimum Gasteiger partial charge on any atom is -0.311 e. The van der Waals surface area contributed by atoms with E-state index >= 15 is 0 Å². The standard InChI is InChI=1S/C68H67N3/c1-5-7-8-51-15-28-60(29-16-51)70(61-31-22-57(23-32-61)68-45-52-41-53(46-68)44-67(43-52,47-68)56-20-13-50(6-2)14-21-56)64-35-33-62(34-36-64)69(58-24-9-48(3)10-25-58)63-37-39-65(40-38-63)71(59-26-11-49(4)12-27-59)66-30-19-54-17-18-55(54)42-66/h6,9-16,19-40,42,52-53H,2,5,7-8,17-18,41,43-47H2,1,3-4H3. The molecule has 0 aliphatic heterocycles. The Bertz CT molecular complexity index is 3130. The molecule has 354 valence electrons. The van der Waals surface area contributed by atoms with Crippen LogP contribution in [-0.2, 0) is 30.1 Å². The SMILES string of the molecule is C=Cc1ccc(C23CC4CC(C2)CC(c2ccc(N(c5ccc(CCCC)cc5)c5ccc(N(c6ccc(C)cc6)c6ccc(N(c7ccc(C)cc7)c7ccc8c(c7)CC8)cc6)cc5)cc2)(C4)C3)cc1. The molecule has 4 bridgehead atoms. The number of unbranched alkanes of at least 4 members (excludes halogenated alkanes) is 1. The van der Waals surface area contributed by atoms with Gasteiger partial charge in [0.15, 0.2) is 0 Å². The topological polar surface area (TPSA) is 9.72 Å². The van der Waals surface area contributed by atoms with Gasteiger partial charge in [-0.15, -0.1) is 0 Å². The smallest absolute Gasteiger partial charge is 0.0464 e. The number of rotatable bonds is 15. The zero-order chi connectivity index (χ0) is 48.1. The quantitative estimate of drug-likeness (QED) is 0.101. The summed E-state index contributed by atoms with van der Waals surface area (Å²) in [5, 5.41) is 0. The molecule has 0 radical (unpaired) electrons. The van der Waals surface area contributed by atoms with E-state index < -0.39 is 0 Å². The highest BCUT2D eigenvalue weighted by Gasteiger charge is 2.58. The third-order valence-electron chi connectivity index (χ3n) is 17.0. The Hall–Kier alpha value is -7.10. The summed E-state index contributed by atoms with van der Waals surface area (Å²) in [4.78, 5) is 7.25. The van der Waals surface area contributed by atoms with Crippen molar-refractivity contribution in [2.45, 2.75) is 102 Å². The molecule has 5 aliphatic rings. The molecule has 3 nitrogen and oxygen atoms in total. The molecule has 0 N–H and O–H groups in total. The Morgan fingerprint density at radius 2 is 0.817 bits per heavy atom. The molecular weight excluding hydrogens is 859 g/mol. The van der Waals surface area contributed by atoms with E-state index in [1.165, 1.54) is 114 Å². The highest BCUT2D eigenvalue weighted by Crippen LogP contribution is 2.66. The van der Waals surface area contributed by atoms with Gasteiger partial charge in [0.2, 0.25) is 0 Å². The lowest BCUT2D eigenvalue weighted by Crippen LogP contribution is -2.55. The van der Waals surface area contributed by atoms with Gasteiger partial charge in [-0.3, -0.25) is 0 Å². The van der Waals surface area contributed by atoms with E-state index in [0.717, 1.165) is 58.8 Å². The number of benzene rings is 8. The lowest BCUT2D eigenvalue weighted by Gasteiger charge is -2.63. The minimum atomic E-state index is 0.228. The van der Waals surface area contributed by atoms with E-state index in [9.17, 15) is 0 Å². The molecule has 0 heterocycles. The van der Waals surface area contributed by atoms with Crippen LogP contribution < -0.4 is 14.7 Å². The van der Waals surface area contributed by atoms with Crippen molar-refractivity contribution in [3.05, 3.63) is 239 Å². The monoisotopic (exact) mass is 926 g/mol. The van der Waals surface area contributed by atoms with E-state index in [4.69, 9.17) is 0 Å². The fraction of sp³-hybridized carbons (Fsp3) is 0.265. The fourth-order valence-corrected chi connectivity index (χ4v) is 13.6. The van der Waals surface area contributed by atoms with Gasteiger partial charge in [0, 0.05) is 51.2 Å². The number of hydrogen-bond donors (Lipinski definition) is 0. The Labute approximate surface area is 423 Å².